The lowest BCUT2D eigenvalue weighted by molar-refractivity contribution is 0.313. The molecule has 0 amide bonds. The lowest BCUT2D eigenvalue weighted by atomic mass is 10.2. The van der Waals surface area contributed by atoms with E-state index in [0.29, 0.717) is 41.4 Å². The maximum Gasteiger partial charge on any atom is 0.318 e. The number of hydrogen-bond donors (Lipinski definition) is 0. The van der Waals surface area contributed by atoms with Crippen LogP contribution < -0.4 is 4.74 Å². The van der Waals surface area contributed by atoms with Gasteiger partial charge in [0.15, 0.2) is 5.65 Å². The Hall–Kier alpha value is -2.94. The van der Waals surface area contributed by atoms with Gasteiger partial charge in [0.25, 0.3) is 0 Å². The Bertz CT molecular complexity index is 1150. The number of hydrogen-bond acceptors (Lipinski definition) is 6. The third kappa shape index (κ3) is 3.57. The molecule has 9 heteroatoms. The lowest BCUT2D eigenvalue weighted by Gasteiger charge is -2.09. The molecular formula is C19H16BrFN6O. The number of aromatic nitrogens is 6. The van der Waals surface area contributed by atoms with Crippen LogP contribution in [0.5, 0.6) is 6.01 Å². The number of rotatable bonds is 5. The average molecular weight is 443 g/mol. The van der Waals surface area contributed by atoms with E-state index >= 15 is 0 Å². The zero-order valence-electron chi connectivity index (χ0n) is 15.2. The summed E-state index contributed by atoms with van der Waals surface area (Å²) in [7, 11) is 0. The molecule has 0 saturated carbocycles. The zero-order chi connectivity index (χ0) is 19.7. The van der Waals surface area contributed by atoms with Gasteiger partial charge in [-0.15, -0.1) is 0 Å². The fourth-order valence-corrected chi connectivity index (χ4v) is 3.11. The van der Waals surface area contributed by atoms with E-state index in [0.717, 1.165) is 16.4 Å². The molecule has 7 nitrogen and oxygen atoms in total. The smallest absolute Gasteiger partial charge is 0.318 e. The Labute approximate surface area is 168 Å². The zero-order valence-corrected chi connectivity index (χ0v) is 16.8. The van der Waals surface area contributed by atoms with Gasteiger partial charge in [0.2, 0.25) is 0 Å². The summed E-state index contributed by atoms with van der Waals surface area (Å²) < 4.78 is 22.0. The van der Waals surface area contributed by atoms with E-state index < -0.39 is 5.82 Å². The van der Waals surface area contributed by atoms with Crippen LogP contribution in [0.1, 0.15) is 18.3 Å². The molecule has 0 aliphatic heterocycles. The summed E-state index contributed by atoms with van der Waals surface area (Å²) in [6.45, 7) is 4.57. The second-order valence-corrected chi connectivity index (χ2v) is 6.99. The number of halogens is 2. The summed E-state index contributed by atoms with van der Waals surface area (Å²) in [6.07, 6.45) is 4.46. The largest absolute Gasteiger partial charge is 0.464 e. The maximum atomic E-state index is 13.8. The Morgan fingerprint density at radius 2 is 2.00 bits per heavy atom. The Morgan fingerprint density at radius 3 is 2.71 bits per heavy atom. The molecule has 4 heterocycles. The lowest BCUT2D eigenvalue weighted by Crippen LogP contribution is -2.06. The van der Waals surface area contributed by atoms with Crippen molar-refractivity contribution in [3.05, 3.63) is 58.5 Å². The second-order valence-electron chi connectivity index (χ2n) is 6.08. The van der Waals surface area contributed by atoms with E-state index in [1.54, 1.807) is 12.4 Å². The fraction of sp³-hybridized carbons (Fsp3) is 0.211. The van der Waals surface area contributed by atoms with Gasteiger partial charge in [-0.2, -0.15) is 9.97 Å². The molecule has 0 aromatic carbocycles. The number of pyridine rings is 2. The van der Waals surface area contributed by atoms with E-state index in [1.807, 2.05) is 30.5 Å². The van der Waals surface area contributed by atoms with Crippen molar-refractivity contribution in [2.45, 2.75) is 20.4 Å². The number of ether oxygens (including phenoxy) is 1. The van der Waals surface area contributed by atoms with E-state index in [-0.39, 0.29) is 6.01 Å². The van der Waals surface area contributed by atoms with Gasteiger partial charge in [0.1, 0.15) is 17.2 Å². The summed E-state index contributed by atoms with van der Waals surface area (Å²) in [5, 5.41) is 0. The summed E-state index contributed by atoms with van der Waals surface area (Å²) in [5.74, 6) is 0.105. The molecule has 0 radical (unpaired) electrons. The normalized spacial score (nSPS) is 11.1. The highest BCUT2D eigenvalue weighted by Crippen LogP contribution is 2.27. The molecule has 142 valence electrons. The van der Waals surface area contributed by atoms with E-state index in [2.05, 4.69) is 40.8 Å². The fourth-order valence-electron chi connectivity index (χ4n) is 2.87. The van der Waals surface area contributed by atoms with Gasteiger partial charge < -0.3 is 9.30 Å². The van der Waals surface area contributed by atoms with Crippen molar-refractivity contribution in [2.75, 3.05) is 6.61 Å². The van der Waals surface area contributed by atoms with Crippen LogP contribution in [0.3, 0.4) is 0 Å². The minimum absolute atomic E-state index is 0.279. The van der Waals surface area contributed by atoms with Gasteiger partial charge in [0, 0.05) is 22.4 Å². The first kappa shape index (κ1) is 18.4. The molecule has 0 spiro atoms. The van der Waals surface area contributed by atoms with Gasteiger partial charge in [0.05, 0.1) is 30.7 Å². The van der Waals surface area contributed by atoms with Crippen molar-refractivity contribution in [1.29, 1.82) is 0 Å². The summed E-state index contributed by atoms with van der Waals surface area (Å²) in [5.41, 5.74) is 3.26. The van der Waals surface area contributed by atoms with Crippen LogP contribution in [0.25, 0.3) is 22.6 Å². The molecule has 0 atom stereocenters. The Kier molecular flexibility index (Phi) is 4.99. The molecule has 4 aromatic rings. The molecule has 0 fully saturated rings. The quantitative estimate of drug-likeness (QED) is 0.465. The predicted octanol–water partition coefficient (Wildman–Crippen LogP) is 3.94. The van der Waals surface area contributed by atoms with Crippen LogP contribution in [0.2, 0.25) is 0 Å². The number of imidazole rings is 1. The van der Waals surface area contributed by atoms with E-state index in [4.69, 9.17) is 4.74 Å². The van der Waals surface area contributed by atoms with Crippen LogP contribution in [0.15, 0.2) is 41.3 Å². The van der Waals surface area contributed by atoms with Crippen LogP contribution in [-0.4, -0.2) is 36.1 Å². The molecule has 0 bridgehead atoms. The topological polar surface area (TPSA) is 78.6 Å². The third-order valence-electron chi connectivity index (χ3n) is 4.09. The van der Waals surface area contributed by atoms with Crippen LogP contribution in [-0.2, 0) is 6.54 Å². The van der Waals surface area contributed by atoms with Crippen LogP contribution in [0.4, 0.5) is 4.39 Å². The Balaban J connectivity index is 1.93. The average Bonchev–Trinajstić information content (AvgIpc) is 3.03. The second kappa shape index (κ2) is 7.59. The molecule has 4 rings (SSSR count). The standard InChI is InChI=1S/C19H16BrFN6O/c1-3-28-19-24-11(2)16-18(26-19)27(10-15-5-4-13(20)8-23-15)17(25-16)12-6-14(21)9-22-7-12/h4-9H,3,10H2,1-2H3. The summed E-state index contributed by atoms with van der Waals surface area (Å²) in [4.78, 5) is 21.9. The van der Waals surface area contributed by atoms with Crippen molar-refractivity contribution >= 4 is 27.1 Å². The highest BCUT2D eigenvalue weighted by Gasteiger charge is 2.19. The van der Waals surface area contributed by atoms with Crippen molar-refractivity contribution in [2.24, 2.45) is 0 Å². The van der Waals surface area contributed by atoms with Gasteiger partial charge in [-0.05, 0) is 48.0 Å². The molecule has 4 aromatic heterocycles. The molecule has 0 N–H and O–H groups in total. The van der Waals surface area contributed by atoms with Gasteiger partial charge in [-0.1, -0.05) is 0 Å². The third-order valence-corrected chi connectivity index (χ3v) is 4.56. The minimum atomic E-state index is -0.435. The molecule has 28 heavy (non-hydrogen) atoms. The molecular weight excluding hydrogens is 427 g/mol. The van der Waals surface area contributed by atoms with Crippen molar-refractivity contribution in [3.63, 3.8) is 0 Å². The minimum Gasteiger partial charge on any atom is -0.464 e. The van der Waals surface area contributed by atoms with Gasteiger partial charge in [-0.25, -0.2) is 9.37 Å². The maximum absolute atomic E-state index is 13.8. The van der Waals surface area contributed by atoms with Crippen molar-refractivity contribution < 1.29 is 9.13 Å². The van der Waals surface area contributed by atoms with Gasteiger partial charge in [-0.3, -0.25) is 9.97 Å². The monoisotopic (exact) mass is 442 g/mol. The van der Waals surface area contributed by atoms with Crippen LogP contribution in [0, 0.1) is 12.7 Å². The molecule has 0 saturated heterocycles. The Morgan fingerprint density at radius 1 is 1.14 bits per heavy atom. The number of nitrogens with zero attached hydrogens (tertiary/aromatic N) is 6. The summed E-state index contributed by atoms with van der Waals surface area (Å²) in [6, 6.07) is 5.49. The highest BCUT2D eigenvalue weighted by atomic mass is 79.9. The SMILES string of the molecule is CCOc1nc(C)c2nc(-c3cncc(F)c3)n(Cc3ccc(Br)cn3)c2n1. The number of aryl methyl sites for hydroxylation is 1. The van der Waals surface area contributed by atoms with Crippen molar-refractivity contribution in [1.82, 2.24) is 29.5 Å². The highest BCUT2D eigenvalue weighted by molar-refractivity contribution is 9.10. The first-order valence-electron chi connectivity index (χ1n) is 8.64. The summed E-state index contributed by atoms with van der Waals surface area (Å²) >= 11 is 3.39. The van der Waals surface area contributed by atoms with Gasteiger partial charge >= 0.3 is 6.01 Å². The van der Waals surface area contributed by atoms with Crippen molar-refractivity contribution in [3.8, 4) is 17.4 Å². The molecule has 0 unspecified atom stereocenters. The number of fused-ring (bicyclic) bond motifs is 1. The van der Waals surface area contributed by atoms with Crippen LogP contribution >= 0.6 is 15.9 Å². The van der Waals surface area contributed by atoms with E-state index in [1.165, 1.54) is 6.07 Å². The van der Waals surface area contributed by atoms with E-state index in [9.17, 15) is 4.39 Å². The molecule has 0 aliphatic rings. The first-order chi connectivity index (χ1) is 13.5. The molecule has 0 aliphatic carbocycles. The first-order valence-corrected chi connectivity index (χ1v) is 9.43. The predicted molar refractivity (Wildman–Crippen MR) is 105 cm³/mol.